The number of aromatic nitrogens is 1. The lowest BCUT2D eigenvalue weighted by Crippen LogP contribution is -2.58. The van der Waals surface area contributed by atoms with Crippen molar-refractivity contribution >= 4 is 23.6 Å². The second-order valence-corrected chi connectivity index (χ2v) is 47.8. The van der Waals surface area contributed by atoms with Crippen molar-refractivity contribution in [3.05, 3.63) is 356 Å². The number of amides is 4. The van der Waals surface area contributed by atoms with Crippen LogP contribution in [0.4, 0.5) is 0 Å². The largest absolute Gasteiger partial charge is 0.497 e. The third-order valence-corrected chi connectivity index (χ3v) is 38.4. The molecule has 0 radical (unpaired) electrons. The first kappa shape index (κ1) is 102. The van der Waals surface area contributed by atoms with Crippen molar-refractivity contribution in [3.63, 3.8) is 0 Å². The summed E-state index contributed by atoms with van der Waals surface area (Å²) in [4.78, 5) is 68.0. The van der Waals surface area contributed by atoms with Gasteiger partial charge in [0, 0.05) is 116 Å². The van der Waals surface area contributed by atoms with Crippen molar-refractivity contribution in [1.82, 2.24) is 45.9 Å². The highest BCUT2D eigenvalue weighted by Crippen LogP contribution is 2.56. The second kappa shape index (κ2) is 43.8. The summed E-state index contributed by atoms with van der Waals surface area (Å²) in [7, 11) is 1.69. The molecule has 0 spiro atoms. The number of nitrogens with one attached hydrogen (secondary N) is 4. The summed E-state index contributed by atoms with van der Waals surface area (Å²) in [5.74, 6) is 8.80. The number of carbonyl (C=O) groups is 4. The number of fused-ring (bicyclic) bond motifs is 17. The van der Waals surface area contributed by atoms with Crippen molar-refractivity contribution < 1.29 is 33.4 Å². The van der Waals surface area contributed by atoms with E-state index in [1.54, 1.807) is 7.11 Å². The normalized spacial score (nSPS) is 25.0. The molecule has 16 heteroatoms. The summed E-state index contributed by atoms with van der Waals surface area (Å²) in [6, 6.07) is 91.6. The number of rotatable bonds is 29. The van der Waals surface area contributed by atoms with Crippen LogP contribution in [0.25, 0.3) is 44.5 Å². The fraction of sp³-hybridized carbons (Fsp3) is 0.440. The molecule has 0 unspecified atom stereocenters. The Morgan fingerprint density at radius 1 is 0.327 bits per heavy atom. The average molecular weight is 2000 g/mol. The van der Waals surface area contributed by atoms with Gasteiger partial charge in [-0.15, -0.1) is 0 Å². The Morgan fingerprint density at radius 3 is 0.940 bits per heavy atom. The van der Waals surface area contributed by atoms with Gasteiger partial charge < -0.3 is 35.5 Å². The van der Waals surface area contributed by atoms with Gasteiger partial charge in [-0.3, -0.25) is 43.8 Å². The summed E-state index contributed by atoms with van der Waals surface area (Å²) >= 11 is 0. The Kier molecular flexibility index (Phi) is 29.8. The standard InChI is InChI=1S/C34H38N2O3.C34H40N2O2.C33H39N3O.C33H38N2O/c1-22-30-18-27-9-10-28(17-29(27)34(22,2)14-16-36(30)20-24-3-4-24)33(37)35-15-13-23-5-7-25(8-6-23)26-11-12-31-32(19-26)39-21-38-31;1-23-32-21-28-13-14-29(20-31(28)34(23,2)16-18-36(32)22-25-7-8-25)33(37)35-17-15-24-9-11-26(12-10-24)27-5-4-6-30(19-27)38-3;1-22-4-9-29(20-35-22)26-10-7-24(8-11-26)14-16-34-32(37)28-13-12-27-19-31-23(2)33(3,30(27)18-28)15-17-36(31)21-25-5-6-25;1-23-31-21-28-14-15-29(20-30(28)33(23,2)17-19-35(31)22-25-8-9-25)32(36)34-18-16-24-10-12-27(13-11-24)26-6-4-3-5-7-26/h5-12,17,19,22,24,30H,3-4,13-16,18,20-21H2,1-2H3,(H,35,37);4-6,9-14,19-20,23,25,32H,7-8,15-18,21-22H2,1-3H3,(H,35,37);4,7-13,18,20,23,25,31H,5-6,14-17,19,21H2,1-3H3,(H,34,37);3-7,10-15,20,23,25,31H,8-9,16-19,21-22H2,1-2H3,(H,34,36)/t22-,30+,34-;23-,32+,34-;2*23-,31+,33-/m0000/s1. The van der Waals surface area contributed by atoms with Crippen LogP contribution in [-0.2, 0) is 73.0 Å². The fourth-order valence-corrected chi connectivity index (χ4v) is 27.1. The van der Waals surface area contributed by atoms with Crippen LogP contribution in [0.15, 0.2) is 261 Å². The van der Waals surface area contributed by atoms with Gasteiger partial charge in [0.15, 0.2) is 11.5 Å². The first-order valence-electron chi connectivity index (χ1n) is 56.9. The number of hydrogen-bond donors (Lipinski definition) is 4. The molecule has 1 aromatic heterocycles. The molecule has 4 N–H and O–H groups in total. The predicted octanol–water partition coefficient (Wildman–Crippen LogP) is 24.5. The van der Waals surface area contributed by atoms with Crippen molar-refractivity contribution in [3.8, 4) is 61.8 Å². The van der Waals surface area contributed by atoms with E-state index in [1.165, 1.54) is 207 Å². The Labute approximate surface area is 890 Å². The van der Waals surface area contributed by atoms with E-state index in [2.05, 4.69) is 289 Å². The van der Waals surface area contributed by atoms with E-state index in [4.69, 9.17) is 14.2 Å². The molecule has 6 heterocycles. The molecule has 13 aliphatic rings. The maximum atomic E-state index is 13.2. The number of ether oxygens (including phenoxy) is 3. The van der Waals surface area contributed by atoms with Crippen molar-refractivity contribution in [2.45, 2.75) is 237 Å². The van der Waals surface area contributed by atoms with Crippen molar-refractivity contribution in [2.24, 2.45) is 47.3 Å². The number of benzene rings is 11. The molecular formula is C134H155N9O7. The zero-order valence-corrected chi connectivity index (χ0v) is 90.2. The average Bonchev–Trinajstić information content (AvgIpc) is 1.29. The van der Waals surface area contributed by atoms with Gasteiger partial charge in [-0.1, -0.05) is 231 Å². The zero-order valence-electron chi connectivity index (χ0n) is 90.2. The molecular weight excluding hydrogens is 1850 g/mol. The lowest BCUT2D eigenvalue weighted by atomic mass is 9.59. The van der Waals surface area contributed by atoms with Gasteiger partial charge >= 0.3 is 0 Å². The quantitative estimate of drug-likeness (QED) is 0.0350. The van der Waals surface area contributed by atoms with Crippen LogP contribution in [0.3, 0.4) is 0 Å². The van der Waals surface area contributed by atoms with Gasteiger partial charge in [-0.2, -0.15) is 0 Å². The van der Waals surface area contributed by atoms with E-state index in [9.17, 15) is 19.2 Å². The summed E-state index contributed by atoms with van der Waals surface area (Å²) in [6.07, 6.45) is 25.7. The number of carbonyl (C=O) groups excluding carboxylic acids is 4. The predicted molar refractivity (Wildman–Crippen MR) is 604 cm³/mol. The lowest BCUT2D eigenvalue weighted by Gasteiger charge is -2.55. The summed E-state index contributed by atoms with van der Waals surface area (Å²) in [6.45, 7) is 34.2. The molecule has 8 fully saturated rings. The number of piperidine rings is 4. The van der Waals surface area contributed by atoms with Crippen LogP contribution >= 0.6 is 0 Å². The van der Waals surface area contributed by atoms with Gasteiger partial charge in [-0.05, 0) is 415 Å². The van der Waals surface area contributed by atoms with Crippen LogP contribution in [0.2, 0.25) is 0 Å². The lowest BCUT2D eigenvalue weighted by molar-refractivity contribution is 0.0283. The second-order valence-electron chi connectivity index (χ2n) is 47.8. The maximum absolute atomic E-state index is 13.2. The van der Waals surface area contributed by atoms with E-state index in [0.717, 1.165) is 154 Å². The van der Waals surface area contributed by atoms with Gasteiger partial charge in [-0.25, -0.2) is 0 Å². The molecule has 4 saturated heterocycles. The van der Waals surface area contributed by atoms with Crippen molar-refractivity contribution in [1.29, 1.82) is 0 Å². The molecule has 5 aliphatic heterocycles. The van der Waals surface area contributed by atoms with Gasteiger partial charge in [0.2, 0.25) is 6.79 Å². The summed E-state index contributed by atoms with van der Waals surface area (Å²) < 4.78 is 16.3. The first-order valence-corrected chi connectivity index (χ1v) is 56.9. The minimum absolute atomic E-state index is 0.0272. The monoisotopic (exact) mass is 2000 g/mol. The van der Waals surface area contributed by atoms with E-state index in [1.807, 2.05) is 79.9 Å². The third kappa shape index (κ3) is 22.2. The fourth-order valence-electron chi connectivity index (χ4n) is 27.1. The Bertz CT molecular complexity index is 6850. The van der Waals surface area contributed by atoms with Crippen LogP contribution in [0, 0.1) is 54.3 Å². The molecule has 11 aromatic carbocycles. The first-order chi connectivity index (χ1) is 72.8. The number of likely N-dealkylation sites (tertiary alicyclic amines) is 4. The molecule has 778 valence electrons. The topological polar surface area (TPSA) is 170 Å². The number of aryl methyl sites for hydroxylation is 1. The summed E-state index contributed by atoms with van der Waals surface area (Å²) in [5, 5.41) is 12.7. The molecule has 4 amide bonds. The minimum Gasteiger partial charge on any atom is -0.497 e. The van der Waals surface area contributed by atoms with E-state index < -0.39 is 0 Å². The van der Waals surface area contributed by atoms with E-state index in [0.29, 0.717) is 74.0 Å². The Balaban J connectivity index is 0.000000113. The van der Waals surface area contributed by atoms with Crippen LogP contribution in [0.5, 0.6) is 17.2 Å². The van der Waals surface area contributed by atoms with Crippen LogP contribution in [0.1, 0.15) is 246 Å². The molecule has 150 heavy (non-hydrogen) atoms. The summed E-state index contributed by atoms with van der Waals surface area (Å²) in [5.41, 5.74) is 30.4. The Morgan fingerprint density at radius 2 is 0.620 bits per heavy atom. The number of methoxy groups -OCH3 is 1. The van der Waals surface area contributed by atoms with Gasteiger partial charge in [0.25, 0.3) is 23.6 Å². The van der Waals surface area contributed by atoms with E-state index in [-0.39, 0.29) is 52.1 Å². The van der Waals surface area contributed by atoms with Gasteiger partial charge in [0.1, 0.15) is 5.75 Å². The molecule has 4 saturated carbocycles. The third-order valence-electron chi connectivity index (χ3n) is 38.4. The highest BCUT2D eigenvalue weighted by molar-refractivity contribution is 5.97. The molecule has 12 atom stereocenters. The van der Waals surface area contributed by atoms with Crippen molar-refractivity contribution in [2.75, 3.05) is 92.4 Å². The molecule has 8 bridgehead atoms. The van der Waals surface area contributed by atoms with Crippen LogP contribution in [-0.4, -0.2) is 165 Å². The number of hydrogen-bond acceptors (Lipinski definition) is 12. The van der Waals surface area contributed by atoms with Crippen LogP contribution < -0.4 is 35.5 Å². The molecule has 12 aromatic rings. The zero-order chi connectivity index (χ0) is 103. The highest BCUT2D eigenvalue weighted by Gasteiger charge is 2.54. The smallest absolute Gasteiger partial charge is 0.251 e. The SMILES string of the molecule is COc1cccc(-c2ccc(CCNC(=O)c3ccc4c(c3)[C@@]3(C)CCN(CC5CC5)[C@H](C4)[C@@H]3C)cc2)c1.C[C@H]1[C@H]2Cc3ccc(C(=O)NCCc4ccc(-c5ccc6c(c5)OCO6)cc4)cc3[C@@]1(C)CCN2CC1CC1.C[C@H]1[C@H]2Cc3ccc(C(=O)NCCc4ccc(-c5ccccc5)cc4)cc3[C@@]1(C)CCN2CC1CC1.Cc1ccc(-c2ccc(CCNC(=O)c3ccc4c(c3)[C@@]3(C)CCN(CC5CC5)[C@H](C4)[C@@H]3C)cc2)cn1. The Hall–Kier alpha value is -12.3. The minimum atomic E-state index is 0.0272. The van der Waals surface area contributed by atoms with E-state index >= 15 is 0 Å². The molecule has 16 nitrogen and oxygen atoms in total. The van der Waals surface area contributed by atoms with Gasteiger partial charge in [0.05, 0.1) is 7.11 Å². The molecule has 8 aliphatic carbocycles. The number of pyridine rings is 1. The molecule has 25 rings (SSSR count). The maximum Gasteiger partial charge on any atom is 0.251 e. The highest BCUT2D eigenvalue weighted by atomic mass is 16.7. The number of nitrogens with zero attached hydrogens (tertiary/aromatic N) is 5.